The van der Waals surface area contributed by atoms with Crippen LogP contribution < -0.4 is 5.73 Å². The van der Waals surface area contributed by atoms with Crippen LogP contribution in [0.1, 0.15) is 34.2 Å². The van der Waals surface area contributed by atoms with Gasteiger partial charge in [-0.25, -0.2) is 0 Å². The number of anilines is 1. The van der Waals surface area contributed by atoms with E-state index < -0.39 is 0 Å². The minimum Gasteiger partial charge on any atom is -0.399 e. The number of fused-ring (bicyclic) bond motifs is 1. The highest BCUT2D eigenvalue weighted by atomic mass is 79.9. The first-order chi connectivity index (χ1) is 10.0. The molecular formula is C15H17BrN4O. The van der Waals surface area contributed by atoms with Gasteiger partial charge >= 0.3 is 0 Å². The average Bonchev–Trinajstić information content (AvgIpc) is 2.91. The second-order valence-corrected chi connectivity index (χ2v) is 6.03. The molecule has 1 amide bonds. The van der Waals surface area contributed by atoms with Crippen LogP contribution in [-0.2, 0) is 19.6 Å². The van der Waals surface area contributed by atoms with Gasteiger partial charge in [0.1, 0.15) is 0 Å². The Hall–Kier alpha value is -1.82. The maximum atomic E-state index is 12.5. The van der Waals surface area contributed by atoms with E-state index in [4.69, 9.17) is 5.73 Å². The fourth-order valence-corrected chi connectivity index (χ4v) is 3.12. The molecular weight excluding hydrogens is 332 g/mol. The van der Waals surface area contributed by atoms with Crippen LogP contribution in [0.5, 0.6) is 0 Å². The van der Waals surface area contributed by atoms with E-state index in [9.17, 15) is 4.79 Å². The van der Waals surface area contributed by atoms with Crippen LogP contribution in [0.25, 0.3) is 0 Å². The van der Waals surface area contributed by atoms with Gasteiger partial charge in [-0.2, -0.15) is 5.10 Å². The van der Waals surface area contributed by atoms with Crippen molar-refractivity contribution in [1.82, 2.24) is 14.7 Å². The Balaban J connectivity index is 1.90. The molecule has 2 aromatic rings. The summed E-state index contributed by atoms with van der Waals surface area (Å²) in [4.78, 5) is 14.3. The number of rotatable bonds is 3. The normalized spacial score (nSPS) is 13.9. The molecule has 0 radical (unpaired) electrons. The van der Waals surface area contributed by atoms with E-state index in [1.807, 2.05) is 35.6 Å². The fraction of sp³-hybridized carbons (Fsp3) is 0.333. The monoisotopic (exact) mass is 348 g/mol. The lowest BCUT2D eigenvalue weighted by Crippen LogP contribution is -2.25. The van der Waals surface area contributed by atoms with E-state index in [0.717, 1.165) is 28.0 Å². The third-order valence-corrected chi connectivity index (χ3v) is 4.84. The smallest absolute Gasteiger partial charge is 0.254 e. The van der Waals surface area contributed by atoms with Crippen LogP contribution in [-0.4, -0.2) is 20.6 Å². The molecule has 6 heteroatoms. The van der Waals surface area contributed by atoms with Crippen molar-refractivity contribution in [3.8, 4) is 0 Å². The number of carbonyl (C=O) groups is 1. The minimum absolute atomic E-state index is 0.0331. The zero-order chi connectivity index (χ0) is 15.1. The summed E-state index contributed by atoms with van der Waals surface area (Å²) in [6.45, 7) is 5.95. The second kappa shape index (κ2) is 5.18. The molecule has 0 atom stereocenters. The Morgan fingerprint density at radius 2 is 2.19 bits per heavy atom. The quantitative estimate of drug-likeness (QED) is 0.867. The van der Waals surface area contributed by atoms with Crippen molar-refractivity contribution in [2.24, 2.45) is 0 Å². The molecule has 1 aromatic heterocycles. The fourth-order valence-electron chi connectivity index (χ4n) is 2.71. The van der Waals surface area contributed by atoms with Gasteiger partial charge in [0, 0.05) is 24.3 Å². The van der Waals surface area contributed by atoms with Gasteiger partial charge in [0.05, 0.1) is 22.4 Å². The number of benzene rings is 1. The minimum atomic E-state index is 0.0331. The molecule has 5 nitrogen and oxygen atoms in total. The largest absolute Gasteiger partial charge is 0.399 e. The SMILES string of the molecule is CCn1nc(C)c(Br)c1CN1Cc2ccc(N)cc2C1=O. The highest BCUT2D eigenvalue weighted by Crippen LogP contribution is 2.29. The van der Waals surface area contributed by atoms with E-state index in [2.05, 4.69) is 21.0 Å². The summed E-state index contributed by atoms with van der Waals surface area (Å²) in [7, 11) is 0. The van der Waals surface area contributed by atoms with Gasteiger partial charge < -0.3 is 10.6 Å². The first-order valence-corrected chi connectivity index (χ1v) is 7.70. The summed E-state index contributed by atoms with van der Waals surface area (Å²) in [5.74, 6) is 0.0331. The van der Waals surface area contributed by atoms with E-state index in [1.165, 1.54) is 0 Å². The molecule has 0 fully saturated rings. The molecule has 1 aliphatic rings. The third kappa shape index (κ3) is 2.33. The molecule has 2 heterocycles. The molecule has 2 N–H and O–H groups in total. The molecule has 21 heavy (non-hydrogen) atoms. The average molecular weight is 349 g/mol. The predicted octanol–water partition coefficient (Wildman–Crippen LogP) is 2.71. The molecule has 0 unspecified atom stereocenters. The van der Waals surface area contributed by atoms with Gasteiger partial charge in [-0.05, 0) is 47.5 Å². The number of nitrogens with zero attached hydrogens (tertiary/aromatic N) is 3. The van der Waals surface area contributed by atoms with Gasteiger partial charge in [-0.3, -0.25) is 9.48 Å². The van der Waals surface area contributed by atoms with Crippen molar-refractivity contribution in [3.63, 3.8) is 0 Å². The van der Waals surface area contributed by atoms with E-state index in [-0.39, 0.29) is 5.91 Å². The number of aromatic nitrogens is 2. The Kier molecular flexibility index (Phi) is 3.49. The Morgan fingerprint density at radius 1 is 1.43 bits per heavy atom. The summed E-state index contributed by atoms with van der Waals surface area (Å²) < 4.78 is 2.91. The lowest BCUT2D eigenvalue weighted by Gasteiger charge is -2.16. The van der Waals surface area contributed by atoms with Crippen LogP contribution in [0.2, 0.25) is 0 Å². The number of nitrogen functional groups attached to an aromatic ring is 1. The molecule has 0 spiro atoms. The summed E-state index contributed by atoms with van der Waals surface area (Å²) >= 11 is 3.57. The van der Waals surface area contributed by atoms with Gasteiger partial charge in [0.2, 0.25) is 0 Å². The topological polar surface area (TPSA) is 64.2 Å². The number of carbonyl (C=O) groups excluding carboxylic acids is 1. The maximum Gasteiger partial charge on any atom is 0.254 e. The molecule has 110 valence electrons. The molecule has 0 bridgehead atoms. The highest BCUT2D eigenvalue weighted by Gasteiger charge is 2.29. The van der Waals surface area contributed by atoms with Gasteiger partial charge in [-0.15, -0.1) is 0 Å². The number of halogens is 1. The number of hydrogen-bond acceptors (Lipinski definition) is 3. The van der Waals surface area contributed by atoms with E-state index in [0.29, 0.717) is 24.3 Å². The standard InChI is InChI=1S/C15H17BrN4O/c1-3-20-13(14(16)9(2)18-20)8-19-7-10-4-5-11(17)6-12(10)15(19)21/h4-6H,3,7-8,17H2,1-2H3. The molecule has 0 aliphatic carbocycles. The number of aryl methyl sites for hydroxylation is 2. The molecule has 1 aliphatic heterocycles. The number of hydrogen-bond donors (Lipinski definition) is 1. The lowest BCUT2D eigenvalue weighted by atomic mass is 10.1. The Morgan fingerprint density at radius 3 is 2.90 bits per heavy atom. The summed E-state index contributed by atoms with van der Waals surface area (Å²) in [6, 6.07) is 5.53. The Bertz CT molecular complexity index is 723. The van der Waals surface area contributed by atoms with Crippen LogP contribution >= 0.6 is 15.9 Å². The van der Waals surface area contributed by atoms with E-state index in [1.54, 1.807) is 6.07 Å². The third-order valence-electron chi connectivity index (χ3n) is 3.81. The first-order valence-electron chi connectivity index (χ1n) is 6.90. The van der Waals surface area contributed by atoms with Crippen LogP contribution in [0.3, 0.4) is 0 Å². The molecule has 0 saturated heterocycles. The molecule has 3 rings (SSSR count). The van der Waals surface area contributed by atoms with Crippen molar-refractivity contribution in [2.75, 3.05) is 5.73 Å². The first kappa shape index (κ1) is 14.1. The highest BCUT2D eigenvalue weighted by molar-refractivity contribution is 9.10. The Labute approximate surface area is 131 Å². The summed E-state index contributed by atoms with van der Waals surface area (Å²) in [6.07, 6.45) is 0. The summed E-state index contributed by atoms with van der Waals surface area (Å²) in [5.41, 5.74) is 10.1. The summed E-state index contributed by atoms with van der Waals surface area (Å²) in [5, 5.41) is 4.47. The second-order valence-electron chi connectivity index (χ2n) is 5.24. The van der Waals surface area contributed by atoms with Crippen LogP contribution in [0, 0.1) is 6.92 Å². The van der Waals surface area contributed by atoms with Crippen LogP contribution in [0.4, 0.5) is 5.69 Å². The van der Waals surface area contributed by atoms with Crippen LogP contribution in [0.15, 0.2) is 22.7 Å². The van der Waals surface area contributed by atoms with Crippen molar-refractivity contribution < 1.29 is 4.79 Å². The predicted molar refractivity (Wildman–Crippen MR) is 84.8 cm³/mol. The van der Waals surface area contributed by atoms with Crippen molar-refractivity contribution in [1.29, 1.82) is 0 Å². The van der Waals surface area contributed by atoms with Crippen molar-refractivity contribution in [2.45, 2.75) is 33.5 Å². The van der Waals surface area contributed by atoms with Gasteiger partial charge in [0.25, 0.3) is 5.91 Å². The maximum absolute atomic E-state index is 12.5. The van der Waals surface area contributed by atoms with Gasteiger partial charge in [0.15, 0.2) is 0 Å². The zero-order valence-electron chi connectivity index (χ0n) is 12.1. The molecule has 1 aromatic carbocycles. The lowest BCUT2D eigenvalue weighted by molar-refractivity contribution is 0.0762. The van der Waals surface area contributed by atoms with Crippen molar-refractivity contribution >= 4 is 27.5 Å². The van der Waals surface area contributed by atoms with Crippen molar-refractivity contribution in [3.05, 3.63) is 45.2 Å². The molecule has 0 saturated carbocycles. The van der Waals surface area contributed by atoms with Gasteiger partial charge in [-0.1, -0.05) is 6.07 Å². The zero-order valence-corrected chi connectivity index (χ0v) is 13.6. The van der Waals surface area contributed by atoms with E-state index >= 15 is 0 Å². The number of amides is 1. The number of nitrogens with two attached hydrogens (primary N) is 1.